The van der Waals surface area contributed by atoms with Gasteiger partial charge in [0.15, 0.2) is 5.65 Å². The van der Waals surface area contributed by atoms with Crippen molar-refractivity contribution in [2.24, 2.45) is 5.41 Å². The summed E-state index contributed by atoms with van der Waals surface area (Å²) in [6, 6.07) is 1.99. The van der Waals surface area contributed by atoms with Gasteiger partial charge in [0.1, 0.15) is 11.6 Å². The van der Waals surface area contributed by atoms with Crippen LogP contribution in [0.2, 0.25) is 0 Å². The van der Waals surface area contributed by atoms with Gasteiger partial charge in [0.25, 0.3) is 5.69 Å². The van der Waals surface area contributed by atoms with E-state index in [2.05, 4.69) is 32.3 Å². The average Bonchev–Trinajstić information content (AvgIpc) is 3.21. The van der Waals surface area contributed by atoms with Crippen molar-refractivity contribution in [2.75, 3.05) is 24.2 Å². The van der Waals surface area contributed by atoms with Crippen LogP contribution in [0.1, 0.15) is 36.7 Å². The molecule has 9 nitrogen and oxygen atoms in total. The molecule has 29 heavy (non-hydrogen) atoms. The Kier molecular flexibility index (Phi) is 4.88. The summed E-state index contributed by atoms with van der Waals surface area (Å²) in [7, 11) is 0. The Morgan fingerprint density at radius 2 is 2.17 bits per heavy atom. The van der Waals surface area contributed by atoms with Crippen LogP contribution in [-0.2, 0) is 19.4 Å². The van der Waals surface area contributed by atoms with Crippen molar-refractivity contribution in [1.29, 1.82) is 0 Å². The van der Waals surface area contributed by atoms with Gasteiger partial charge >= 0.3 is 0 Å². The topological polar surface area (TPSA) is 111 Å². The highest BCUT2D eigenvalue weighted by Crippen LogP contribution is 2.46. The minimum atomic E-state index is 0.0310. The van der Waals surface area contributed by atoms with Crippen molar-refractivity contribution >= 4 is 23.0 Å². The van der Waals surface area contributed by atoms with Crippen molar-refractivity contribution in [3.8, 4) is 0 Å². The lowest BCUT2D eigenvalue weighted by Gasteiger charge is -2.11. The van der Waals surface area contributed by atoms with E-state index in [1.807, 2.05) is 23.9 Å². The molecule has 9 heteroatoms. The van der Waals surface area contributed by atoms with Gasteiger partial charge in [0, 0.05) is 36.7 Å². The summed E-state index contributed by atoms with van der Waals surface area (Å²) in [5.74, 6) is 0.787. The molecule has 0 spiro atoms. The Labute approximate surface area is 169 Å². The number of rotatable bonds is 8. The quantitative estimate of drug-likeness (QED) is 0.506. The fourth-order valence-corrected chi connectivity index (χ4v) is 3.68. The van der Waals surface area contributed by atoms with Crippen LogP contribution < -0.4 is 11.1 Å². The predicted molar refractivity (Wildman–Crippen MR) is 111 cm³/mol. The number of fused-ring (bicyclic) bond motifs is 1. The Bertz CT molecular complexity index is 1090. The molecule has 152 valence electrons. The molecule has 0 aromatic carbocycles. The Morgan fingerprint density at radius 3 is 2.83 bits per heavy atom. The molecular formula is C20H26N8O. The van der Waals surface area contributed by atoms with Crippen LogP contribution in [0, 0.1) is 18.9 Å². The fourth-order valence-electron chi connectivity index (χ4n) is 3.68. The Morgan fingerprint density at radius 1 is 1.38 bits per heavy atom. The summed E-state index contributed by atoms with van der Waals surface area (Å²) in [6.45, 7) is 13.0. The maximum absolute atomic E-state index is 9.48. The van der Waals surface area contributed by atoms with E-state index in [0.29, 0.717) is 30.2 Å². The van der Waals surface area contributed by atoms with E-state index < -0.39 is 0 Å². The third-order valence-electron chi connectivity index (χ3n) is 5.69. The van der Waals surface area contributed by atoms with Crippen LogP contribution in [0.15, 0.2) is 12.3 Å². The number of hydrogen-bond donors (Lipinski definition) is 3. The van der Waals surface area contributed by atoms with Gasteiger partial charge < -0.3 is 16.2 Å². The molecule has 3 aromatic heterocycles. The highest BCUT2D eigenvalue weighted by molar-refractivity contribution is 5.80. The van der Waals surface area contributed by atoms with E-state index in [4.69, 9.17) is 12.3 Å². The first-order valence-corrected chi connectivity index (χ1v) is 9.92. The van der Waals surface area contributed by atoms with Gasteiger partial charge in [0.2, 0.25) is 0 Å². The third kappa shape index (κ3) is 3.51. The van der Waals surface area contributed by atoms with E-state index in [1.54, 1.807) is 4.52 Å². The van der Waals surface area contributed by atoms with Gasteiger partial charge in [-0.3, -0.25) is 4.68 Å². The van der Waals surface area contributed by atoms with E-state index in [1.165, 1.54) is 0 Å². The van der Waals surface area contributed by atoms with Crippen LogP contribution in [0.4, 0.5) is 17.3 Å². The summed E-state index contributed by atoms with van der Waals surface area (Å²) in [4.78, 5) is 8.21. The second-order valence-electron chi connectivity index (χ2n) is 7.80. The largest absolute Gasteiger partial charge is 0.396 e. The number of anilines is 2. The highest BCUT2D eigenvalue weighted by Gasteiger charge is 2.42. The molecule has 0 aliphatic heterocycles. The molecule has 0 atom stereocenters. The fraction of sp³-hybridized carbons (Fsp3) is 0.500. The summed E-state index contributed by atoms with van der Waals surface area (Å²) in [6.07, 6.45) is 5.57. The summed E-state index contributed by atoms with van der Waals surface area (Å²) < 4.78 is 3.47. The molecule has 4 N–H and O–H groups in total. The van der Waals surface area contributed by atoms with Crippen LogP contribution in [-0.4, -0.2) is 42.6 Å². The van der Waals surface area contributed by atoms with E-state index in [9.17, 15) is 5.11 Å². The van der Waals surface area contributed by atoms with Crippen molar-refractivity contribution < 1.29 is 5.11 Å². The van der Waals surface area contributed by atoms with Crippen LogP contribution in [0.5, 0.6) is 0 Å². The molecule has 0 bridgehead atoms. The normalized spacial score (nSPS) is 14.8. The molecule has 3 aromatic rings. The minimum Gasteiger partial charge on any atom is -0.396 e. The minimum absolute atomic E-state index is 0.0310. The number of nitrogens with two attached hydrogens (primary N) is 1. The molecule has 1 saturated carbocycles. The van der Waals surface area contributed by atoms with E-state index >= 15 is 0 Å². The van der Waals surface area contributed by atoms with E-state index in [-0.39, 0.29) is 17.7 Å². The first-order chi connectivity index (χ1) is 14.0. The summed E-state index contributed by atoms with van der Waals surface area (Å²) in [5.41, 5.74) is 10.1. The summed E-state index contributed by atoms with van der Waals surface area (Å²) in [5, 5.41) is 21.8. The molecule has 1 aliphatic rings. The Balaban J connectivity index is 1.48. The standard InChI is InChI=1S/C20H26N8O/c1-4-15-13(2)25-28-17(21)16(22-3)18(24-19(15)28)23-9-5-14-6-10-27(26-14)11-20(12-29)7-8-20/h6,10,29H,4-5,7-9,11-12,21H2,1-2H3,(H,23,24). The maximum Gasteiger partial charge on any atom is 0.268 e. The first-order valence-electron chi connectivity index (χ1n) is 9.92. The third-order valence-corrected chi connectivity index (χ3v) is 5.69. The SMILES string of the molecule is [C-]#[N+]c1c(NCCc2ccn(CC3(CO)CC3)n2)nc2c(CC)c(C)nn2c1N. The zero-order valence-corrected chi connectivity index (χ0v) is 16.8. The lowest BCUT2D eigenvalue weighted by molar-refractivity contribution is 0.190. The number of aromatic nitrogens is 5. The number of aliphatic hydroxyl groups is 1. The van der Waals surface area contributed by atoms with Crippen LogP contribution in [0.3, 0.4) is 0 Å². The summed E-state index contributed by atoms with van der Waals surface area (Å²) >= 11 is 0. The highest BCUT2D eigenvalue weighted by atomic mass is 16.3. The number of nitrogens with zero attached hydrogens (tertiary/aromatic N) is 6. The lowest BCUT2D eigenvalue weighted by Crippen LogP contribution is -2.16. The van der Waals surface area contributed by atoms with Crippen LogP contribution >= 0.6 is 0 Å². The number of hydrogen-bond acceptors (Lipinski definition) is 6. The van der Waals surface area contributed by atoms with Gasteiger partial charge in [-0.1, -0.05) is 6.92 Å². The maximum atomic E-state index is 9.48. The van der Waals surface area contributed by atoms with Crippen molar-refractivity contribution in [2.45, 2.75) is 46.1 Å². The molecule has 0 unspecified atom stereocenters. The molecular weight excluding hydrogens is 368 g/mol. The lowest BCUT2D eigenvalue weighted by atomic mass is 10.1. The zero-order chi connectivity index (χ0) is 20.6. The smallest absolute Gasteiger partial charge is 0.268 e. The average molecular weight is 394 g/mol. The number of nitrogens with one attached hydrogen (secondary N) is 1. The Hall–Kier alpha value is -3.12. The molecule has 1 aliphatic carbocycles. The van der Waals surface area contributed by atoms with Gasteiger partial charge in [-0.05, 0) is 32.3 Å². The molecule has 0 amide bonds. The number of aryl methyl sites for hydroxylation is 2. The molecule has 1 fully saturated rings. The van der Waals surface area contributed by atoms with Gasteiger partial charge in [-0.2, -0.15) is 10.2 Å². The molecule has 0 radical (unpaired) electrons. The second kappa shape index (κ2) is 7.37. The zero-order valence-electron chi connectivity index (χ0n) is 16.8. The van der Waals surface area contributed by atoms with Gasteiger partial charge in [0.05, 0.1) is 24.6 Å². The number of nitrogen functional groups attached to an aromatic ring is 1. The predicted octanol–water partition coefficient (Wildman–Crippen LogP) is 2.36. The van der Waals surface area contributed by atoms with Crippen molar-refractivity contribution in [3.63, 3.8) is 0 Å². The second-order valence-corrected chi connectivity index (χ2v) is 7.80. The van der Waals surface area contributed by atoms with Crippen molar-refractivity contribution in [1.82, 2.24) is 24.4 Å². The molecule has 0 saturated heterocycles. The van der Waals surface area contributed by atoms with Crippen molar-refractivity contribution in [3.05, 3.63) is 40.6 Å². The van der Waals surface area contributed by atoms with E-state index in [0.717, 1.165) is 42.8 Å². The van der Waals surface area contributed by atoms with Gasteiger partial charge in [-0.25, -0.2) is 14.3 Å². The molecule has 3 heterocycles. The van der Waals surface area contributed by atoms with Crippen LogP contribution in [0.25, 0.3) is 10.5 Å². The number of aliphatic hydroxyl groups excluding tert-OH is 1. The monoisotopic (exact) mass is 394 g/mol. The molecule has 4 rings (SSSR count). The first kappa shape index (κ1) is 19.2. The van der Waals surface area contributed by atoms with Gasteiger partial charge in [-0.15, -0.1) is 0 Å².